The fourth-order valence-electron chi connectivity index (χ4n) is 4.78. The Morgan fingerprint density at radius 1 is 1.18 bits per heavy atom. The summed E-state index contributed by atoms with van der Waals surface area (Å²) in [6.45, 7) is 13.2. The summed E-state index contributed by atoms with van der Waals surface area (Å²) in [7, 11) is 0. The summed E-state index contributed by atoms with van der Waals surface area (Å²) in [6, 6.07) is 14.2. The average molecular weight is 476 g/mol. The second-order valence-corrected chi connectivity index (χ2v) is 9.60. The highest BCUT2D eigenvalue weighted by Crippen LogP contribution is 2.43. The maximum Gasteiger partial charge on any atom is 0.226 e. The molecule has 34 heavy (non-hydrogen) atoms. The van der Waals surface area contributed by atoms with Gasteiger partial charge in [0.15, 0.2) is 5.11 Å². The number of aromatic nitrogens is 2. The van der Waals surface area contributed by atoms with Crippen LogP contribution in [0.3, 0.4) is 0 Å². The van der Waals surface area contributed by atoms with Crippen molar-refractivity contribution in [2.45, 2.75) is 60.2 Å². The monoisotopic (exact) mass is 475 g/mol. The number of aryl methyl sites for hydroxylation is 2. The lowest BCUT2D eigenvalue weighted by Crippen LogP contribution is -2.29. The van der Waals surface area contributed by atoms with E-state index in [9.17, 15) is 4.79 Å². The zero-order chi connectivity index (χ0) is 24.6. The molecule has 0 saturated carbocycles. The Hall–Kier alpha value is -3.19. The third-order valence-corrected chi connectivity index (χ3v) is 6.93. The summed E-state index contributed by atoms with van der Waals surface area (Å²) >= 11 is 5.88. The van der Waals surface area contributed by atoms with Crippen molar-refractivity contribution in [3.63, 3.8) is 0 Å². The molecule has 0 radical (unpaired) electrons. The zero-order valence-electron chi connectivity index (χ0n) is 20.7. The first kappa shape index (κ1) is 24.0. The number of nitrogens with zero attached hydrogens (tertiary/aromatic N) is 3. The number of hydrogen-bond donors (Lipinski definition) is 2. The summed E-state index contributed by atoms with van der Waals surface area (Å²) in [5.41, 5.74) is 7.46. The van der Waals surface area contributed by atoms with Gasteiger partial charge >= 0.3 is 0 Å². The van der Waals surface area contributed by atoms with E-state index in [1.165, 1.54) is 17.0 Å². The molecular formula is C27H33N5OS. The third-order valence-electron chi connectivity index (χ3n) is 6.62. The Balaban J connectivity index is 1.80. The fraction of sp³-hybridized carbons (Fsp3) is 0.370. The summed E-state index contributed by atoms with van der Waals surface area (Å²) < 4.78 is 2.33. The van der Waals surface area contributed by atoms with Gasteiger partial charge in [0.2, 0.25) is 5.91 Å². The van der Waals surface area contributed by atoms with Gasteiger partial charge in [-0.25, -0.2) is 0 Å². The van der Waals surface area contributed by atoms with Gasteiger partial charge in [-0.05, 0) is 87.4 Å². The van der Waals surface area contributed by atoms with Gasteiger partial charge in [-0.2, -0.15) is 0 Å². The molecule has 2 N–H and O–H groups in total. The van der Waals surface area contributed by atoms with Crippen LogP contribution in [0.4, 0.5) is 11.4 Å². The van der Waals surface area contributed by atoms with Crippen molar-refractivity contribution in [1.82, 2.24) is 14.9 Å². The number of thiocarbonyl (C=S) groups is 1. The first-order valence-electron chi connectivity index (χ1n) is 11.8. The van der Waals surface area contributed by atoms with Crippen LogP contribution in [0.25, 0.3) is 0 Å². The van der Waals surface area contributed by atoms with Gasteiger partial charge in [-0.15, -0.1) is 0 Å². The van der Waals surface area contributed by atoms with E-state index in [0.717, 1.165) is 29.2 Å². The Bertz CT molecular complexity index is 1220. The van der Waals surface area contributed by atoms with E-state index in [2.05, 4.69) is 58.0 Å². The highest BCUT2D eigenvalue weighted by atomic mass is 32.1. The SMILES string of the molecule is CCn1c(C)cc([C@H]2[C@@H](c3ccccn3)NC(=S)N2c2ccc(NC(=O)C(C)C)c(C)c2)c1C. The maximum atomic E-state index is 12.2. The smallest absolute Gasteiger partial charge is 0.226 e. The van der Waals surface area contributed by atoms with Crippen LogP contribution in [0.5, 0.6) is 0 Å². The summed E-state index contributed by atoms with van der Waals surface area (Å²) in [5, 5.41) is 7.23. The van der Waals surface area contributed by atoms with Crippen LogP contribution in [0, 0.1) is 26.7 Å². The molecule has 0 unspecified atom stereocenters. The first-order chi connectivity index (χ1) is 16.2. The van der Waals surface area contributed by atoms with Gasteiger partial charge < -0.3 is 20.1 Å². The second-order valence-electron chi connectivity index (χ2n) is 9.21. The quantitative estimate of drug-likeness (QED) is 0.455. The summed E-state index contributed by atoms with van der Waals surface area (Å²) in [4.78, 5) is 19.1. The van der Waals surface area contributed by atoms with Crippen LogP contribution in [0.15, 0.2) is 48.7 Å². The molecule has 2 aromatic heterocycles. The van der Waals surface area contributed by atoms with Crippen LogP contribution in [0.2, 0.25) is 0 Å². The molecule has 3 aromatic rings. The summed E-state index contributed by atoms with van der Waals surface area (Å²) in [6.07, 6.45) is 1.82. The number of hydrogen-bond acceptors (Lipinski definition) is 3. The summed E-state index contributed by atoms with van der Waals surface area (Å²) in [5.74, 6) is -0.0685. The number of anilines is 2. The van der Waals surface area contributed by atoms with E-state index < -0.39 is 0 Å². The molecule has 3 heterocycles. The largest absolute Gasteiger partial charge is 0.351 e. The molecule has 0 spiro atoms. The molecule has 178 valence electrons. The molecule has 4 rings (SSSR count). The minimum absolute atomic E-state index is 0.00862. The molecule has 0 aliphatic carbocycles. The molecule has 1 aliphatic heterocycles. The lowest BCUT2D eigenvalue weighted by Gasteiger charge is -2.29. The van der Waals surface area contributed by atoms with Gasteiger partial charge in [0, 0.05) is 41.4 Å². The number of benzene rings is 1. The first-order valence-corrected chi connectivity index (χ1v) is 12.2. The Labute approximate surface area is 207 Å². The average Bonchev–Trinajstić information content (AvgIpc) is 3.30. The van der Waals surface area contributed by atoms with Crippen molar-refractivity contribution in [3.8, 4) is 0 Å². The molecule has 2 atom stereocenters. The van der Waals surface area contributed by atoms with Crippen molar-refractivity contribution in [2.75, 3.05) is 10.2 Å². The molecular weight excluding hydrogens is 442 g/mol. The van der Waals surface area contributed by atoms with E-state index in [1.54, 1.807) is 0 Å². The molecule has 7 heteroatoms. The molecule has 1 aromatic carbocycles. The van der Waals surface area contributed by atoms with Gasteiger partial charge in [0.25, 0.3) is 0 Å². The highest BCUT2D eigenvalue weighted by molar-refractivity contribution is 7.80. The van der Waals surface area contributed by atoms with Crippen molar-refractivity contribution in [1.29, 1.82) is 0 Å². The Kier molecular flexibility index (Phi) is 6.75. The van der Waals surface area contributed by atoms with Gasteiger partial charge in [0.1, 0.15) is 0 Å². The van der Waals surface area contributed by atoms with Gasteiger partial charge in [-0.3, -0.25) is 9.78 Å². The zero-order valence-corrected chi connectivity index (χ0v) is 21.5. The number of amides is 1. The standard InChI is InChI=1S/C27H33N5OS/c1-7-31-18(5)15-21(19(31)6)25-24(23-10-8-9-13-28-23)30-27(34)32(25)20-11-12-22(17(4)14-20)29-26(33)16(2)3/h8-16,24-25H,7H2,1-6H3,(H,29,33)(H,30,34)/t24-,25+/m1/s1. The fourth-order valence-corrected chi connectivity index (χ4v) is 5.12. The minimum Gasteiger partial charge on any atom is -0.351 e. The molecule has 0 bridgehead atoms. The van der Waals surface area contributed by atoms with Crippen molar-refractivity contribution < 1.29 is 4.79 Å². The maximum absolute atomic E-state index is 12.2. The highest BCUT2D eigenvalue weighted by Gasteiger charge is 2.42. The molecule has 1 fully saturated rings. The van der Waals surface area contributed by atoms with Crippen LogP contribution in [-0.2, 0) is 11.3 Å². The predicted molar refractivity (Wildman–Crippen MR) is 142 cm³/mol. The molecule has 6 nitrogen and oxygen atoms in total. The Morgan fingerprint density at radius 2 is 1.94 bits per heavy atom. The Morgan fingerprint density at radius 3 is 2.53 bits per heavy atom. The van der Waals surface area contributed by atoms with Crippen LogP contribution < -0.4 is 15.5 Å². The second kappa shape index (κ2) is 9.58. The number of nitrogens with one attached hydrogen (secondary N) is 2. The predicted octanol–water partition coefficient (Wildman–Crippen LogP) is 5.60. The van der Waals surface area contributed by atoms with Crippen molar-refractivity contribution >= 4 is 34.6 Å². The topological polar surface area (TPSA) is 62.2 Å². The normalized spacial score (nSPS) is 17.9. The van der Waals surface area contributed by atoms with Gasteiger partial charge in [-0.1, -0.05) is 19.9 Å². The van der Waals surface area contributed by atoms with Crippen LogP contribution in [0.1, 0.15) is 61.1 Å². The number of rotatable bonds is 6. The minimum atomic E-state index is -0.0832. The molecule has 1 saturated heterocycles. The van der Waals surface area contributed by atoms with Crippen LogP contribution in [-0.4, -0.2) is 20.6 Å². The molecule has 1 aliphatic rings. The third kappa shape index (κ3) is 4.32. The molecule has 1 amide bonds. The number of carbonyl (C=O) groups excluding carboxylic acids is 1. The van der Waals surface area contributed by atoms with Crippen molar-refractivity contribution in [2.24, 2.45) is 5.92 Å². The van der Waals surface area contributed by atoms with E-state index in [0.29, 0.717) is 5.11 Å². The van der Waals surface area contributed by atoms with E-state index in [1.807, 2.05) is 57.3 Å². The lowest BCUT2D eigenvalue weighted by molar-refractivity contribution is -0.118. The van der Waals surface area contributed by atoms with E-state index in [-0.39, 0.29) is 23.9 Å². The van der Waals surface area contributed by atoms with E-state index >= 15 is 0 Å². The number of carbonyl (C=O) groups is 1. The van der Waals surface area contributed by atoms with Gasteiger partial charge in [0.05, 0.1) is 17.8 Å². The lowest BCUT2D eigenvalue weighted by atomic mass is 9.96. The number of pyridine rings is 1. The van der Waals surface area contributed by atoms with E-state index in [4.69, 9.17) is 12.2 Å². The van der Waals surface area contributed by atoms with Crippen molar-refractivity contribution in [3.05, 3.63) is 76.9 Å². The van der Waals surface area contributed by atoms with Crippen LogP contribution >= 0.6 is 12.2 Å².